The summed E-state index contributed by atoms with van der Waals surface area (Å²) in [5, 5.41) is 0. The van der Waals surface area contributed by atoms with Crippen molar-refractivity contribution in [2.75, 3.05) is 24.5 Å². The van der Waals surface area contributed by atoms with E-state index in [1.165, 1.54) is 16.7 Å². The molecule has 4 rings (SSSR count). The van der Waals surface area contributed by atoms with Crippen LogP contribution in [0.5, 0.6) is 0 Å². The van der Waals surface area contributed by atoms with E-state index in [2.05, 4.69) is 77.4 Å². The molecule has 1 aliphatic carbocycles. The van der Waals surface area contributed by atoms with Gasteiger partial charge in [-0.15, -0.1) is 0 Å². The van der Waals surface area contributed by atoms with Crippen molar-refractivity contribution < 1.29 is 4.79 Å². The second kappa shape index (κ2) is 11.0. The summed E-state index contributed by atoms with van der Waals surface area (Å²) >= 11 is 0. The highest BCUT2D eigenvalue weighted by molar-refractivity contribution is 5.81. The fraction of sp³-hybridized carbons (Fsp3) is 0.345. The van der Waals surface area contributed by atoms with Crippen LogP contribution >= 0.6 is 0 Å². The summed E-state index contributed by atoms with van der Waals surface area (Å²) in [5.41, 5.74) is 5.25. The van der Waals surface area contributed by atoms with E-state index in [0.29, 0.717) is 12.5 Å². The number of hydrogen-bond acceptors (Lipinski definition) is 2. The molecule has 0 bridgehead atoms. The number of aryl methyl sites for hydroxylation is 1. The average Bonchev–Trinajstić information content (AvgIpc) is 2.84. The number of carbonyl (C=O) groups excluding carboxylic acids is 1. The van der Waals surface area contributed by atoms with Gasteiger partial charge in [-0.2, -0.15) is 0 Å². The SMILES string of the molecule is CCCN(CC1CCc2ccccc2C1)C(=O)CN(Cc1ccccc1)c1ccccc1. The number of carbonyl (C=O) groups is 1. The van der Waals surface area contributed by atoms with Gasteiger partial charge in [-0.05, 0) is 60.4 Å². The summed E-state index contributed by atoms with van der Waals surface area (Å²) in [4.78, 5) is 17.8. The third-order valence-electron chi connectivity index (χ3n) is 6.44. The van der Waals surface area contributed by atoms with E-state index in [-0.39, 0.29) is 5.91 Å². The minimum absolute atomic E-state index is 0.227. The van der Waals surface area contributed by atoms with Crippen molar-refractivity contribution in [1.82, 2.24) is 4.90 Å². The molecule has 1 aliphatic rings. The largest absolute Gasteiger partial charge is 0.358 e. The van der Waals surface area contributed by atoms with Crippen LogP contribution in [0.15, 0.2) is 84.9 Å². The molecule has 0 spiro atoms. The fourth-order valence-corrected chi connectivity index (χ4v) is 4.77. The molecule has 1 amide bonds. The number of benzene rings is 3. The molecule has 32 heavy (non-hydrogen) atoms. The zero-order valence-corrected chi connectivity index (χ0v) is 19.1. The number of rotatable bonds is 9. The molecule has 0 fully saturated rings. The van der Waals surface area contributed by atoms with Crippen molar-refractivity contribution in [3.63, 3.8) is 0 Å². The van der Waals surface area contributed by atoms with Crippen LogP contribution in [0.25, 0.3) is 0 Å². The Bertz CT molecular complexity index is 986. The third kappa shape index (κ3) is 5.79. The van der Waals surface area contributed by atoms with Gasteiger partial charge in [0.25, 0.3) is 0 Å². The molecule has 0 aliphatic heterocycles. The normalized spacial score (nSPS) is 15.1. The Hall–Kier alpha value is -3.07. The van der Waals surface area contributed by atoms with Gasteiger partial charge in [-0.25, -0.2) is 0 Å². The molecule has 3 nitrogen and oxygen atoms in total. The lowest BCUT2D eigenvalue weighted by Crippen LogP contribution is -2.43. The van der Waals surface area contributed by atoms with Gasteiger partial charge in [0.2, 0.25) is 5.91 Å². The fourth-order valence-electron chi connectivity index (χ4n) is 4.77. The molecule has 0 heterocycles. The van der Waals surface area contributed by atoms with Gasteiger partial charge in [0.05, 0.1) is 6.54 Å². The van der Waals surface area contributed by atoms with Gasteiger partial charge in [0.15, 0.2) is 0 Å². The van der Waals surface area contributed by atoms with Crippen LogP contribution in [0.2, 0.25) is 0 Å². The molecular formula is C29H34N2O. The smallest absolute Gasteiger partial charge is 0.242 e. The van der Waals surface area contributed by atoms with Crippen LogP contribution in [-0.2, 0) is 24.2 Å². The van der Waals surface area contributed by atoms with Gasteiger partial charge in [-0.3, -0.25) is 4.79 Å². The predicted octanol–water partition coefficient (Wildman–Crippen LogP) is 5.74. The number of nitrogens with zero attached hydrogens (tertiary/aromatic N) is 2. The van der Waals surface area contributed by atoms with Crippen molar-refractivity contribution in [3.05, 3.63) is 102 Å². The standard InChI is InChI=1S/C29H34N2O/c1-2-19-30(22-25-17-18-26-13-9-10-14-27(26)20-25)29(32)23-31(28-15-7-4-8-16-28)21-24-11-5-3-6-12-24/h3-16,25H,2,17-23H2,1H3. The Morgan fingerprint density at radius 1 is 0.875 bits per heavy atom. The zero-order chi connectivity index (χ0) is 22.2. The Labute approximate surface area is 192 Å². The molecule has 0 N–H and O–H groups in total. The quantitative estimate of drug-likeness (QED) is 0.436. The minimum Gasteiger partial charge on any atom is -0.358 e. The topological polar surface area (TPSA) is 23.6 Å². The summed E-state index contributed by atoms with van der Waals surface area (Å²) in [6.45, 7) is 4.98. The van der Waals surface area contributed by atoms with Gasteiger partial charge in [0.1, 0.15) is 0 Å². The second-order valence-corrected chi connectivity index (χ2v) is 8.89. The summed E-state index contributed by atoms with van der Waals surface area (Å²) in [5.74, 6) is 0.769. The van der Waals surface area contributed by atoms with Crippen LogP contribution in [0.1, 0.15) is 36.5 Å². The molecule has 3 heteroatoms. The highest BCUT2D eigenvalue weighted by Crippen LogP contribution is 2.26. The van der Waals surface area contributed by atoms with Crippen LogP contribution < -0.4 is 4.90 Å². The lowest BCUT2D eigenvalue weighted by molar-refractivity contribution is -0.130. The van der Waals surface area contributed by atoms with Crippen molar-refractivity contribution in [1.29, 1.82) is 0 Å². The average molecular weight is 427 g/mol. The van der Waals surface area contributed by atoms with Gasteiger partial charge in [-0.1, -0.05) is 79.7 Å². The molecule has 0 saturated heterocycles. The zero-order valence-electron chi connectivity index (χ0n) is 19.1. The number of fused-ring (bicyclic) bond motifs is 1. The maximum Gasteiger partial charge on any atom is 0.242 e. The molecule has 0 aromatic heterocycles. The van der Waals surface area contributed by atoms with E-state index < -0.39 is 0 Å². The lowest BCUT2D eigenvalue weighted by atomic mass is 9.83. The maximum atomic E-state index is 13.5. The molecular weight excluding hydrogens is 392 g/mol. The first-order valence-electron chi connectivity index (χ1n) is 11.9. The summed E-state index contributed by atoms with van der Waals surface area (Å²) < 4.78 is 0. The first kappa shape index (κ1) is 22.1. The molecule has 0 radical (unpaired) electrons. The van der Waals surface area contributed by atoms with Gasteiger partial charge in [0, 0.05) is 25.3 Å². The molecule has 166 valence electrons. The predicted molar refractivity (Wildman–Crippen MR) is 133 cm³/mol. The molecule has 3 aromatic carbocycles. The Balaban J connectivity index is 1.46. The van der Waals surface area contributed by atoms with Crippen molar-refractivity contribution >= 4 is 11.6 Å². The van der Waals surface area contributed by atoms with E-state index >= 15 is 0 Å². The number of amides is 1. The summed E-state index contributed by atoms with van der Waals surface area (Å²) in [7, 11) is 0. The van der Waals surface area contributed by atoms with E-state index in [4.69, 9.17) is 0 Å². The lowest BCUT2D eigenvalue weighted by Gasteiger charge is -2.33. The Kier molecular flexibility index (Phi) is 7.60. The van der Waals surface area contributed by atoms with Gasteiger partial charge < -0.3 is 9.80 Å². The second-order valence-electron chi connectivity index (χ2n) is 8.89. The number of anilines is 1. The van der Waals surface area contributed by atoms with Crippen molar-refractivity contribution in [2.45, 2.75) is 39.2 Å². The summed E-state index contributed by atoms with van der Waals surface area (Å²) in [6.07, 6.45) is 4.35. The monoisotopic (exact) mass is 426 g/mol. The highest BCUT2D eigenvalue weighted by atomic mass is 16.2. The van der Waals surface area contributed by atoms with E-state index in [1.807, 2.05) is 24.3 Å². The molecule has 0 saturated carbocycles. The maximum absolute atomic E-state index is 13.5. The van der Waals surface area contributed by atoms with E-state index in [0.717, 1.165) is 51.0 Å². The van der Waals surface area contributed by atoms with Crippen LogP contribution in [0, 0.1) is 5.92 Å². The Morgan fingerprint density at radius 2 is 1.53 bits per heavy atom. The minimum atomic E-state index is 0.227. The Morgan fingerprint density at radius 3 is 2.25 bits per heavy atom. The van der Waals surface area contributed by atoms with E-state index in [1.54, 1.807) is 0 Å². The summed E-state index contributed by atoms with van der Waals surface area (Å²) in [6, 6.07) is 29.5. The third-order valence-corrected chi connectivity index (χ3v) is 6.44. The van der Waals surface area contributed by atoms with Gasteiger partial charge >= 0.3 is 0 Å². The first-order chi connectivity index (χ1) is 15.7. The molecule has 1 atom stereocenters. The van der Waals surface area contributed by atoms with Crippen LogP contribution in [0.4, 0.5) is 5.69 Å². The molecule has 3 aromatic rings. The van der Waals surface area contributed by atoms with Crippen molar-refractivity contribution in [2.24, 2.45) is 5.92 Å². The van der Waals surface area contributed by atoms with Crippen molar-refractivity contribution in [3.8, 4) is 0 Å². The van der Waals surface area contributed by atoms with E-state index in [9.17, 15) is 4.79 Å². The number of hydrogen-bond donors (Lipinski definition) is 0. The first-order valence-corrected chi connectivity index (χ1v) is 11.9. The number of para-hydroxylation sites is 1. The van der Waals surface area contributed by atoms with Crippen LogP contribution in [0.3, 0.4) is 0 Å². The molecule has 1 unspecified atom stereocenters. The highest BCUT2D eigenvalue weighted by Gasteiger charge is 2.24. The van der Waals surface area contributed by atoms with Crippen LogP contribution in [-0.4, -0.2) is 30.4 Å².